The lowest BCUT2D eigenvalue weighted by molar-refractivity contribution is -0.122. The minimum atomic E-state index is -0.217. The summed E-state index contributed by atoms with van der Waals surface area (Å²) in [6.07, 6.45) is 0. The van der Waals surface area contributed by atoms with Crippen LogP contribution in [0, 0.1) is 0 Å². The van der Waals surface area contributed by atoms with Crippen LogP contribution in [0.2, 0.25) is 0 Å². The molecule has 0 radical (unpaired) electrons. The van der Waals surface area contributed by atoms with Gasteiger partial charge in [0.1, 0.15) is 0 Å². The number of hydrogen-bond donors (Lipinski definition) is 1. The van der Waals surface area contributed by atoms with E-state index in [1.807, 2.05) is 11.9 Å². The van der Waals surface area contributed by atoms with Gasteiger partial charge in [0.05, 0.1) is 10.9 Å². The van der Waals surface area contributed by atoms with Crippen molar-refractivity contribution < 1.29 is 4.79 Å². The second kappa shape index (κ2) is 2.68. The Labute approximate surface area is 71.3 Å². The van der Waals surface area contributed by atoms with Gasteiger partial charge in [-0.3, -0.25) is 9.69 Å². The molecule has 2 N–H and O–H groups in total. The summed E-state index contributed by atoms with van der Waals surface area (Å²) in [6, 6.07) is -0.0880. The second-order valence-corrected chi connectivity index (χ2v) is 4.91. The Kier molecular flexibility index (Phi) is 2.16. The SMILES string of the molecule is CN1C(C(N)=O)CSC1(C)C. The molecule has 0 aromatic rings. The van der Waals surface area contributed by atoms with E-state index in [0.29, 0.717) is 0 Å². The Bertz CT molecular complexity index is 181. The molecule has 1 fully saturated rings. The van der Waals surface area contributed by atoms with E-state index in [9.17, 15) is 4.79 Å². The number of nitrogens with zero attached hydrogens (tertiary/aromatic N) is 1. The topological polar surface area (TPSA) is 46.3 Å². The highest BCUT2D eigenvalue weighted by Crippen LogP contribution is 2.36. The van der Waals surface area contributed by atoms with Crippen LogP contribution in [0.5, 0.6) is 0 Å². The number of thioether (sulfide) groups is 1. The molecule has 1 atom stereocenters. The normalized spacial score (nSPS) is 30.6. The van der Waals surface area contributed by atoms with E-state index in [1.54, 1.807) is 11.8 Å². The number of likely N-dealkylation sites (N-methyl/N-ethyl adjacent to an activating group) is 1. The maximum atomic E-state index is 10.9. The molecule has 1 unspecified atom stereocenters. The third-order valence-corrected chi connectivity index (χ3v) is 3.72. The molecule has 0 aromatic carbocycles. The van der Waals surface area contributed by atoms with E-state index >= 15 is 0 Å². The number of primary amides is 1. The highest BCUT2D eigenvalue weighted by Gasteiger charge is 2.39. The number of rotatable bonds is 1. The maximum Gasteiger partial charge on any atom is 0.235 e. The predicted octanol–water partition coefficient (Wildman–Crippen LogP) is 0.255. The van der Waals surface area contributed by atoms with Gasteiger partial charge in [0.15, 0.2) is 0 Å². The Morgan fingerprint density at radius 1 is 1.73 bits per heavy atom. The lowest BCUT2D eigenvalue weighted by atomic mass is 10.2. The minimum Gasteiger partial charge on any atom is -0.368 e. The Hall–Kier alpha value is -0.220. The van der Waals surface area contributed by atoms with Gasteiger partial charge >= 0.3 is 0 Å². The molecule has 1 heterocycles. The largest absolute Gasteiger partial charge is 0.368 e. The first-order chi connectivity index (χ1) is 4.95. The maximum absolute atomic E-state index is 10.9. The first kappa shape index (κ1) is 8.87. The molecule has 64 valence electrons. The van der Waals surface area contributed by atoms with Crippen LogP contribution in [0.3, 0.4) is 0 Å². The number of amides is 1. The summed E-state index contributed by atoms with van der Waals surface area (Å²) in [7, 11) is 1.94. The summed E-state index contributed by atoms with van der Waals surface area (Å²) in [5.74, 6) is 0.601. The van der Waals surface area contributed by atoms with Crippen molar-refractivity contribution in [3.8, 4) is 0 Å². The van der Waals surface area contributed by atoms with Crippen molar-refractivity contribution in [1.29, 1.82) is 0 Å². The molecule has 4 heteroatoms. The molecule has 0 saturated carbocycles. The summed E-state index contributed by atoms with van der Waals surface area (Å²) in [4.78, 5) is 13.0. The monoisotopic (exact) mass is 174 g/mol. The zero-order valence-corrected chi connectivity index (χ0v) is 7.94. The molecule has 0 spiro atoms. The van der Waals surface area contributed by atoms with E-state index in [1.165, 1.54) is 0 Å². The van der Waals surface area contributed by atoms with E-state index in [-0.39, 0.29) is 16.8 Å². The summed E-state index contributed by atoms with van der Waals surface area (Å²) in [5.41, 5.74) is 5.22. The predicted molar refractivity (Wildman–Crippen MR) is 47.3 cm³/mol. The standard InChI is InChI=1S/C7H14N2OS/c1-7(2)9(3)5(4-11-7)6(8)10/h5H,4H2,1-3H3,(H2,8,10). The van der Waals surface area contributed by atoms with Crippen LogP contribution >= 0.6 is 11.8 Å². The van der Waals surface area contributed by atoms with Crippen molar-refractivity contribution in [2.75, 3.05) is 12.8 Å². The van der Waals surface area contributed by atoms with Crippen LogP contribution in [-0.4, -0.2) is 34.5 Å². The molecule has 11 heavy (non-hydrogen) atoms. The van der Waals surface area contributed by atoms with Crippen LogP contribution in [0.25, 0.3) is 0 Å². The van der Waals surface area contributed by atoms with Crippen molar-refractivity contribution in [1.82, 2.24) is 4.90 Å². The quantitative estimate of drug-likeness (QED) is 0.620. The van der Waals surface area contributed by atoms with Crippen molar-refractivity contribution in [3.05, 3.63) is 0 Å². The van der Waals surface area contributed by atoms with Crippen LogP contribution < -0.4 is 5.73 Å². The fourth-order valence-corrected chi connectivity index (χ4v) is 2.43. The number of carbonyl (C=O) groups excluding carboxylic acids is 1. The smallest absolute Gasteiger partial charge is 0.235 e. The summed E-state index contributed by atoms with van der Waals surface area (Å²) < 4.78 is 0. The van der Waals surface area contributed by atoms with E-state index in [4.69, 9.17) is 5.73 Å². The third-order valence-electron chi connectivity index (χ3n) is 2.24. The van der Waals surface area contributed by atoms with Gasteiger partial charge in [-0.05, 0) is 20.9 Å². The van der Waals surface area contributed by atoms with Crippen molar-refractivity contribution in [2.24, 2.45) is 5.73 Å². The lowest BCUT2D eigenvalue weighted by Gasteiger charge is -2.28. The molecular formula is C7H14N2OS. The highest BCUT2D eigenvalue weighted by atomic mass is 32.2. The third kappa shape index (κ3) is 1.51. The van der Waals surface area contributed by atoms with Crippen molar-refractivity contribution >= 4 is 17.7 Å². The summed E-state index contributed by atoms with van der Waals surface area (Å²) in [5, 5.41) is 0. The zero-order chi connectivity index (χ0) is 8.65. The van der Waals surface area contributed by atoms with Crippen LogP contribution in [0.4, 0.5) is 0 Å². The molecule has 1 rings (SSSR count). The fourth-order valence-electron chi connectivity index (χ4n) is 1.14. The molecule has 0 aromatic heterocycles. The lowest BCUT2D eigenvalue weighted by Crippen LogP contribution is -2.45. The second-order valence-electron chi connectivity index (χ2n) is 3.29. The van der Waals surface area contributed by atoms with E-state index in [0.717, 1.165) is 5.75 Å². The molecule has 0 aliphatic carbocycles. The van der Waals surface area contributed by atoms with Crippen LogP contribution in [-0.2, 0) is 4.79 Å². The Morgan fingerprint density at radius 3 is 2.45 bits per heavy atom. The fraction of sp³-hybridized carbons (Fsp3) is 0.857. The molecule has 1 saturated heterocycles. The van der Waals surface area contributed by atoms with Gasteiger partial charge in [0, 0.05) is 5.75 Å². The van der Waals surface area contributed by atoms with E-state index < -0.39 is 0 Å². The Balaban J connectivity index is 2.71. The van der Waals surface area contributed by atoms with Gasteiger partial charge in [-0.2, -0.15) is 0 Å². The molecule has 3 nitrogen and oxygen atoms in total. The van der Waals surface area contributed by atoms with Crippen molar-refractivity contribution in [3.63, 3.8) is 0 Å². The van der Waals surface area contributed by atoms with Gasteiger partial charge in [-0.25, -0.2) is 0 Å². The van der Waals surface area contributed by atoms with Gasteiger partial charge in [-0.1, -0.05) is 0 Å². The molecular weight excluding hydrogens is 160 g/mol. The average molecular weight is 174 g/mol. The van der Waals surface area contributed by atoms with Crippen LogP contribution in [0.1, 0.15) is 13.8 Å². The molecule has 1 aliphatic rings. The number of carbonyl (C=O) groups is 1. The first-order valence-corrected chi connectivity index (χ1v) is 4.60. The van der Waals surface area contributed by atoms with Gasteiger partial charge in [-0.15, -0.1) is 11.8 Å². The summed E-state index contributed by atoms with van der Waals surface area (Å²) >= 11 is 1.77. The minimum absolute atomic E-state index is 0.0553. The van der Waals surface area contributed by atoms with E-state index in [2.05, 4.69) is 13.8 Å². The zero-order valence-electron chi connectivity index (χ0n) is 7.13. The number of hydrogen-bond acceptors (Lipinski definition) is 3. The molecule has 1 aliphatic heterocycles. The molecule has 0 bridgehead atoms. The van der Waals surface area contributed by atoms with Gasteiger partial charge < -0.3 is 5.73 Å². The first-order valence-electron chi connectivity index (χ1n) is 3.61. The van der Waals surface area contributed by atoms with Crippen molar-refractivity contribution in [2.45, 2.75) is 24.8 Å². The average Bonchev–Trinajstić information content (AvgIpc) is 2.09. The van der Waals surface area contributed by atoms with Gasteiger partial charge in [0.25, 0.3) is 0 Å². The molecule has 1 amide bonds. The van der Waals surface area contributed by atoms with Crippen LogP contribution in [0.15, 0.2) is 0 Å². The highest BCUT2D eigenvalue weighted by molar-refractivity contribution is 8.00. The van der Waals surface area contributed by atoms with Gasteiger partial charge in [0.2, 0.25) is 5.91 Å². The Morgan fingerprint density at radius 2 is 2.27 bits per heavy atom. The number of nitrogens with two attached hydrogens (primary N) is 1. The summed E-state index contributed by atoms with van der Waals surface area (Å²) in [6.45, 7) is 4.20.